The number of nitrogens with zero attached hydrogens (tertiary/aromatic N) is 3. The van der Waals surface area contributed by atoms with Crippen LogP contribution in [0.15, 0.2) is 73.1 Å². The largest absolute Gasteiger partial charge is 0.326 e. The first-order valence-electron chi connectivity index (χ1n) is 8.45. The predicted molar refractivity (Wildman–Crippen MR) is 100 cm³/mol. The standard InChI is InChI=1S/C22H15N3/c1-23-11-12-24(14-23)15-9-10-17-19-7-4-6-18-16-5-2-3-8-20(16)25(22(18)19)21(17)13-15/h2-13H,1H3. The molecule has 0 saturated heterocycles. The molecular formula is C22H15N3. The predicted octanol–water partition coefficient (Wildman–Crippen LogP) is 4.25. The van der Waals surface area contributed by atoms with E-state index in [9.17, 15) is 0 Å². The highest BCUT2D eigenvalue weighted by atomic mass is 15.1. The van der Waals surface area contributed by atoms with Gasteiger partial charge in [0.25, 0.3) is 0 Å². The fraction of sp³-hybridized carbons (Fsp3) is 0.0455. The highest BCUT2D eigenvalue weighted by Gasteiger charge is 2.16. The summed E-state index contributed by atoms with van der Waals surface area (Å²) in [4.78, 5) is 0. The topological polar surface area (TPSA) is 13.2 Å². The second-order valence-electron chi connectivity index (χ2n) is 6.63. The van der Waals surface area contributed by atoms with E-state index in [0.29, 0.717) is 0 Å². The summed E-state index contributed by atoms with van der Waals surface area (Å²) in [7, 11) is 1.99. The van der Waals surface area contributed by atoms with Crippen LogP contribution in [0.4, 0.5) is 0 Å². The van der Waals surface area contributed by atoms with Crippen LogP contribution in [-0.4, -0.2) is 8.97 Å². The van der Waals surface area contributed by atoms with E-state index in [0.717, 1.165) is 5.69 Å². The Morgan fingerprint density at radius 1 is 0.800 bits per heavy atom. The quantitative estimate of drug-likeness (QED) is 0.317. The van der Waals surface area contributed by atoms with Crippen LogP contribution in [0.1, 0.15) is 0 Å². The Balaban J connectivity index is 1.84. The fourth-order valence-corrected chi connectivity index (χ4v) is 4.12. The molecule has 25 heavy (non-hydrogen) atoms. The molecule has 0 saturated carbocycles. The lowest BCUT2D eigenvalue weighted by Crippen LogP contribution is -2.24. The zero-order valence-electron chi connectivity index (χ0n) is 13.8. The van der Waals surface area contributed by atoms with Crippen molar-refractivity contribution in [1.29, 1.82) is 0 Å². The van der Waals surface area contributed by atoms with Crippen molar-refractivity contribution >= 4 is 38.1 Å². The smallest absolute Gasteiger partial charge is 0.243 e. The summed E-state index contributed by atoms with van der Waals surface area (Å²) >= 11 is 0. The maximum Gasteiger partial charge on any atom is 0.243 e. The number of hydrogen-bond donors (Lipinski definition) is 0. The molecule has 3 aromatic heterocycles. The van der Waals surface area contributed by atoms with Gasteiger partial charge in [0.2, 0.25) is 6.33 Å². The lowest BCUT2D eigenvalue weighted by atomic mass is 10.1. The van der Waals surface area contributed by atoms with Gasteiger partial charge in [-0.1, -0.05) is 48.5 Å². The molecule has 0 aliphatic carbocycles. The molecule has 0 fully saturated rings. The molecule has 118 valence electrons. The van der Waals surface area contributed by atoms with Crippen molar-refractivity contribution in [3.05, 3.63) is 79.4 Å². The van der Waals surface area contributed by atoms with Gasteiger partial charge in [0.1, 0.15) is 0 Å². The van der Waals surface area contributed by atoms with Crippen molar-refractivity contribution < 1.29 is 4.57 Å². The van der Waals surface area contributed by atoms with Gasteiger partial charge in [-0.3, -0.25) is 0 Å². The van der Waals surface area contributed by atoms with E-state index < -0.39 is 0 Å². The van der Waals surface area contributed by atoms with E-state index in [1.54, 1.807) is 0 Å². The Morgan fingerprint density at radius 3 is 2.36 bits per heavy atom. The number of aromatic nitrogens is 3. The van der Waals surface area contributed by atoms with E-state index in [1.165, 1.54) is 38.1 Å². The first-order valence-corrected chi connectivity index (χ1v) is 8.45. The Morgan fingerprint density at radius 2 is 1.56 bits per heavy atom. The molecule has 0 atom stereocenters. The lowest BCUT2D eigenvalue weighted by Gasteiger charge is -2.04. The monoisotopic (exact) mass is 321 g/mol. The minimum atomic E-state index is 1.12. The summed E-state index contributed by atoms with van der Waals surface area (Å²) in [5.41, 5.74) is 4.95. The van der Waals surface area contributed by atoms with Gasteiger partial charge < -0.3 is 13.5 Å². The molecule has 3 heterocycles. The van der Waals surface area contributed by atoms with Crippen molar-refractivity contribution in [2.75, 3.05) is 0 Å². The average molecular weight is 321 g/mol. The van der Waals surface area contributed by atoms with Gasteiger partial charge in [0.15, 0.2) is 0 Å². The molecule has 0 aliphatic rings. The summed E-state index contributed by atoms with van der Waals surface area (Å²) in [5, 5.41) is 5.25. The van der Waals surface area contributed by atoms with Crippen molar-refractivity contribution in [2.24, 2.45) is 7.05 Å². The van der Waals surface area contributed by atoms with Crippen LogP contribution < -0.4 is 4.57 Å². The van der Waals surface area contributed by atoms with E-state index in [1.807, 2.05) is 28.6 Å². The van der Waals surface area contributed by atoms with Gasteiger partial charge in [-0.05, 0) is 12.1 Å². The van der Waals surface area contributed by atoms with Gasteiger partial charge in [-0.15, -0.1) is 0 Å². The SMILES string of the molecule is C[n+]1[c-]n(-c2ccc3c4cccc5c6ccccc6n(c3c2)c54)cc1. The van der Waals surface area contributed by atoms with Crippen LogP contribution >= 0.6 is 0 Å². The van der Waals surface area contributed by atoms with Crippen LogP contribution in [0.2, 0.25) is 0 Å². The van der Waals surface area contributed by atoms with Gasteiger partial charge in [0.05, 0.1) is 23.8 Å². The number of aryl methyl sites for hydroxylation is 1. The van der Waals surface area contributed by atoms with Gasteiger partial charge in [-0.25, -0.2) is 0 Å². The number of imidazole rings is 1. The Bertz CT molecular complexity index is 1400. The molecule has 3 aromatic carbocycles. The zero-order chi connectivity index (χ0) is 16.5. The van der Waals surface area contributed by atoms with Crippen molar-refractivity contribution in [3.8, 4) is 5.69 Å². The highest BCUT2D eigenvalue weighted by molar-refractivity contribution is 6.23. The zero-order valence-corrected chi connectivity index (χ0v) is 13.8. The third-order valence-corrected chi connectivity index (χ3v) is 5.19. The van der Waals surface area contributed by atoms with E-state index in [-0.39, 0.29) is 0 Å². The first-order chi connectivity index (χ1) is 12.3. The number of benzene rings is 3. The van der Waals surface area contributed by atoms with Gasteiger partial charge in [-0.2, -0.15) is 0 Å². The Labute approximate surface area is 144 Å². The van der Waals surface area contributed by atoms with E-state index in [4.69, 9.17) is 0 Å². The van der Waals surface area contributed by atoms with Gasteiger partial charge in [0, 0.05) is 39.5 Å². The molecular weight excluding hydrogens is 306 g/mol. The van der Waals surface area contributed by atoms with E-state index in [2.05, 4.69) is 71.4 Å². The minimum Gasteiger partial charge on any atom is -0.326 e. The molecule has 6 aromatic rings. The van der Waals surface area contributed by atoms with Crippen LogP contribution in [0.25, 0.3) is 43.8 Å². The van der Waals surface area contributed by atoms with Crippen LogP contribution in [-0.2, 0) is 7.05 Å². The molecule has 0 radical (unpaired) electrons. The van der Waals surface area contributed by atoms with Crippen LogP contribution in [0.5, 0.6) is 0 Å². The highest BCUT2D eigenvalue weighted by Crippen LogP contribution is 2.39. The average Bonchev–Trinajstić information content (AvgIpc) is 3.32. The Kier molecular flexibility index (Phi) is 2.29. The summed E-state index contributed by atoms with van der Waals surface area (Å²) in [5.74, 6) is 0. The maximum atomic E-state index is 3.28. The molecule has 0 aliphatic heterocycles. The second kappa shape index (κ2) is 4.39. The number of para-hydroxylation sites is 2. The minimum absolute atomic E-state index is 1.12. The number of rotatable bonds is 1. The van der Waals surface area contributed by atoms with Crippen LogP contribution in [0.3, 0.4) is 0 Å². The Hall–Kier alpha value is -3.33. The molecule has 0 amide bonds. The normalized spacial score (nSPS) is 12.2. The van der Waals surface area contributed by atoms with Crippen molar-refractivity contribution in [3.63, 3.8) is 0 Å². The van der Waals surface area contributed by atoms with Crippen LogP contribution in [0, 0.1) is 6.33 Å². The van der Waals surface area contributed by atoms with E-state index >= 15 is 0 Å². The third kappa shape index (κ3) is 1.57. The summed E-state index contributed by atoms with van der Waals surface area (Å²) in [6.45, 7) is 0. The molecule has 0 spiro atoms. The second-order valence-corrected chi connectivity index (χ2v) is 6.63. The number of hydrogen-bond acceptors (Lipinski definition) is 0. The summed E-state index contributed by atoms with van der Waals surface area (Å²) in [6, 6.07) is 21.9. The summed E-state index contributed by atoms with van der Waals surface area (Å²) in [6.07, 6.45) is 7.32. The molecule has 3 nitrogen and oxygen atoms in total. The molecule has 0 bridgehead atoms. The third-order valence-electron chi connectivity index (χ3n) is 5.19. The first kappa shape index (κ1) is 13.0. The maximum absolute atomic E-state index is 3.28. The summed E-state index contributed by atoms with van der Waals surface area (Å²) < 4.78 is 6.37. The molecule has 3 heteroatoms. The fourth-order valence-electron chi connectivity index (χ4n) is 4.12. The van der Waals surface area contributed by atoms with Crippen molar-refractivity contribution in [1.82, 2.24) is 8.97 Å². The lowest BCUT2D eigenvalue weighted by molar-refractivity contribution is -0.674. The molecule has 0 unspecified atom stereocenters. The van der Waals surface area contributed by atoms with Gasteiger partial charge >= 0.3 is 0 Å². The van der Waals surface area contributed by atoms with Crippen molar-refractivity contribution in [2.45, 2.75) is 0 Å². The number of fused-ring (bicyclic) bond motifs is 6. The molecule has 0 N–H and O–H groups in total. The molecule has 6 rings (SSSR count).